The predicted octanol–water partition coefficient (Wildman–Crippen LogP) is 1.96. The Labute approximate surface area is 118 Å². The molecule has 112 valence electrons. The van der Waals surface area contributed by atoms with Crippen LogP contribution in [-0.4, -0.2) is 41.5 Å². The van der Waals surface area contributed by atoms with E-state index in [1.165, 1.54) is 17.9 Å². The lowest BCUT2D eigenvalue weighted by Crippen LogP contribution is -2.37. The molecule has 1 aromatic heterocycles. The Morgan fingerprint density at radius 3 is 2.45 bits per heavy atom. The zero-order valence-electron chi connectivity index (χ0n) is 10.4. The number of hydrogen-bond acceptors (Lipinski definition) is 3. The van der Waals surface area contributed by atoms with Crippen molar-refractivity contribution in [2.75, 3.05) is 13.1 Å². The molecule has 0 spiro atoms. The Hall–Kier alpha value is -1.06. The van der Waals surface area contributed by atoms with Crippen LogP contribution < -0.4 is 0 Å². The molecule has 1 aliphatic rings. The minimum absolute atomic E-state index is 0.0735. The summed E-state index contributed by atoms with van der Waals surface area (Å²) < 4.78 is 64.2. The zero-order chi connectivity index (χ0) is 15.1. The molecule has 0 saturated carbocycles. The highest BCUT2D eigenvalue weighted by molar-refractivity contribution is 7.89. The fourth-order valence-electron chi connectivity index (χ4n) is 1.82. The summed E-state index contributed by atoms with van der Waals surface area (Å²) in [5, 5.41) is -0.416. The third-order valence-corrected chi connectivity index (χ3v) is 5.31. The van der Waals surface area contributed by atoms with Gasteiger partial charge in [0.05, 0.1) is 6.33 Å². The van der Waals surface area contributed by atoms with Crippen LogP contribution in [0.5, 0.6) is 0 Å². The van der Waals surface area contributed by atoms with E-state index in [2.05, 4.69) is 4.98 Å². The summed E-state index contributed by atoms with van der Waals surface area (Å²) in [4.78, 5) is 3.69. The number of nitrogens with zero attached hydrogens (tertiary/aromatic N) is 3. The lowest BCUT2D eigenvalue weighted by molar-refractivity contribution is -0.0953. The molecule has 0 aromatic carbocycles. The SMILES string of the molecule is Cn1cnc(S(=O)(=O)N2CC=C(C(F)(F)F)CC2)c1Cl. The Kier molecular flexibility index (Phi) is 3.87. The van der Waals surface area contributed by atoms with Crippen molar-refractivity contribution >= 4 is 21.6 Å². The fraction of sp³-hybridized carbons (Fsp3) is 0.500. The van der Waals surface area contributed by atoms with Crippen molar-refractivity contribution in [2.45, 2.75) is 17.6 Å². The van der Waals surface area contributed by atoms with Crippen LogP contribution in [0.1, 0.15) is 6.42 Å². The summed E-state index contributed by atoms with van der Waals surface area (Å²) in [7, 11) is -2.46. The molecule has 0 bridgehead atoms. The van der Waals surface area contributed by atoms with E-state index in [0.29, 0.717) is 0 Å². The Morgan fingerprint density at radius 2 is 2.05 bits per heavy atom. The summed E-state index contributed by atoms with van der Waals surface area (Å²) >= 11 is 5.81. The maximum Gasteiger partial charge on any atom is 0.412 e. The van der Waals surface area contributed by atoms with Crippen LogP contribution >= 0.6 is 11.6 Å². The average molecular weight is 330 g/mol. The molecule has 2 rings (SSSR count). The van der Waals surface area contributed by atoms with Crippen LogP contribution in [0.3, 0.4) is 0 Å². The average Bonchev–Trinajstić information content (AvgIpc) is 2.69. The van der Waals surface area contributed by atoms with Crippen molar-refractivity contribution in [1.29, 1.82) is 0 Å². The number of aromatic nitrogens is 2. The second-order valence-electron chi connectivity index (χ2n) is 4.29. The molecule has 2 heterocycles. The third-order valence-electron chi connectivity index (χ3n) is 2.95. The molecule has 1 aromatic rings. The Morgan fingerprint density at radius 1 is 1.40 bits per heavy atom. The molecule has 0 radical (unpaired) electrons. The third kappa shape index (κ3) is 2.70. The Bertz CT molecular complexity index is 651. The molecule has 0 atom stereocenters. The predicted molar refractivity (Wildman–Crippen MR) is 65.7 cm³/mol. The molecule has 0 fully saturated rings. The van der Waals surface area contributed by atoms with Crippen LogP contribution in [0.2, 0.25) is 5.15 Å². The first-order valence-corrected chi connectivity index (χ1v) is 7.39. The molecule has 0 amide bonds. The molecule has 0 saturated heterocycles. The number of rotatable bonds is 2. The van der Waals surface area contributed by atoms with Crippen molar-refractivity contribution in [1.82, 2.24) is 13.9 Å². The smallest absolute Gasteiger partial charge is 0.324 e. The van der Waals surface area contributed by atoms with Crippen LogP contribution in [0.4, 0.5) is 13.2 Å². The van der Waals surface area contributed by atoms with Crippen LogP contribution in [-0.2, 0) is 17.1 Å². The van der Waals surface area contributed by atoms with Crippen molar-refractivity contribution < 1.29 is 21.6 Å². The fourth-order valence-corrected chi connectivity index (χ4v) is 3.58. The standard InChI is InChI=1S/C10H11ClF3N3O2S/c1-16-6-15-9(8(16)11)20(18,19)17-4-2-7(3-5-17)10(12,13)14/h2,6H,3-5H2,1H3. The topological polar surface area (TPSA) is 55.2 Å². The number of halogens is 4. The zero-order valence-corrected chi connectivity index (χ0v) is 11.9. The van der Waals surface area contributed by atoms with E-state index >= 15 is 0 Å². The van der Waals surface area contributed by atoms with Gasteiger partial charge in [-0.3, -0.25) is 0 Å². The molecule has 0 aliphatic carbocycles. The first-order chi connectivity index (χ1) is 9.14. The van der Waals surface area contributed by atoms with Crippen LogP contribution in [0.15, 0.2) is 23.0 Å². The minimum atomic E-state index is -4.42. The van der Waals surface area contributed by atoms with Gasteiger partial charge in [0.15, 0.2) is 0 Å². The van der Waals surface area contributed by atoms with E-state index in [4.69, 9.17) is 11.6 Å². The summed E-state index contributed by atoms with van der Waals surface area (Å²) in [5.74, 6) is 0. The maximum absolute atomic E-state index is 12.5. The summed E-state index contributed by atoms with van der Waals surface area (Å²) in [6.45, 7) is -0.593. The van der Waals surface area contributed by atoms with Gasteiger partial charge in [0, 0.05) is 25.7 Å². The van der Waals surface area contributed by atoms with Crippen molar-refractivity contribution in [3.8, 4) is 0 Å². The van der Waals surface area contributed by atoms with Crippen molar-refractivity contribution in [3.63, 3.8) is 0 Å². The van der Waals surface area contributed by atoms with Gasteiger partial charge in [0.1, 0.15) is 5.15 Å². The van der Waals surface area contributed by atoms with Gasteiger partial charge in [-0.05, 0) is 6.42 Å². The van der Waals surface area contributed by atoms with E-state index in [9.17, 15) is 21.6 Å². The van der Waals surface area contributed by atoms with Gasteiger partial charge in [-0.1, -0.05) is 17.7 Å². The second-order valence-corrected chi connectivity index (χ2v) is 6.50. The lowest BCUT2D eigenvalue weighted by atomic mass is 10.1. The maximum atomic E-state index is 12.5. The molecule has 0 unspecified atom stereocenters. The normalized spacial score (nSPS) is 18.1. The molecule has 1 aliphatic heterocycles. The van der Waals surface area contributed by atoms with Crippen LogP contribution in [0.25, 0.3) is 0 Å². The van der Waals surface area contributed by atoms with Crippen LogP contribution in [0, 0.1) is 0 Å². The molecule has 10 heteroatoms. The molecular weight excluding hydrogens is 319 g/mol. The summed E-state index contributed by atoms with van der Waals surface area (Å²) in [6, 6.07) is 0. The van der Waals surface area contributed by atoms with E-state index in [-0.39, 0.29) is 29.7 Å². The van der Waals surface area contributed by atoms with E-state index < -0.39 is 21.8 Å². The summed E-state index contributed by atoms with van der Waals surface area (Å²) in [5.41, 5.74) is -0.712. The largest absolute Gasteiger partial charge is 0.412 e. The highest BCUT2D eigenvalue weighted by Crippen LogP contribution is 2.32. The van der Waals surface area contributed by atoms with Gasteiger partial charge in [-0.25, -0.2) is 13.4 Å². The Balaban J connectivity index is 2.26. The highest BCUT2D eigenvalue weighted by Gasteiger charge is 2.38. The van der Waals surface area contributed by atoms with Gasteiger partial charge in [-0.2, -0.15) is 17.5 Å². The van der Waals surface area contributed by atoms with E-state index in [1.54, 1.807) is 0 Å². The second kappa shape index (κ2) is 5.05. The van der Waals surface area contributed by atoms with E-state index in [0.717, 1.165) is 10.4 Å². The van der Waals surface area contributed by atoms with Gasteiger partial charge in [0.25, 0.3) is 10.0 Å². The number of aryl methyl sites for hydroxylation is 1. The molecular formula is C10H11ClF3N3O2S. The molecule has 5 nitrogen and oxygen atoms in total. The van der Waals surface area contributed by atoms with Crippen molar-refractivity contribution in [2.24, 2.45) is 7.05 Å². The monoisotopic (exact) mass is 329 g/mol. The van der Waals surface area contributed by atoms with Gasteiger partial charge in [0.2, 0.25) is 5.03 Å². The van der Waals surface area contributed by atoms with Gasteiger partial charge in [-0.15, -0.1) is 0 Å². The van der Waals surface area contributed by atoms with Crippen molar-refractivity contribution in [3.05, 3.63) is 23.1 Å². The first kappa shape index (κ1) is 15.3. The first-order valence-electron chi connectivity index (χ1n) is 5.57. The quantitative estimate of drug-likeness (QED) is 0.779. The lowest BCUT2D eigenvalue weighted by Gasteiger charge is -2.25. The molecule has 0 N–H and O–H groups in total. The van der Waals surface area contributed by atoms with Gasteiger partial charge >= 0.3 is 6.18 Å². The number of hydrogen-bond donors (Lipinski definition) is 0. The number of imidazole rings is 1. The minimum Gasteiger partial charge on any atom is -0.324 e. The van der Waals surface area contributed by atoms with Gasteiger partial charge < -0.3 is 4.57 Å². The summed E-state index contributed by atoms with van der Waals surface area (Å²) in [6.07, 6.45) is -2.69. The molecule has 20 heavy (non-hydrogen) atoms. The number of alkyl halides is 3. The van der Waals surface area contributed by atoms with E-state index in [1.807, 2.05) is 0 Å². The number of sulfonamides is 1. The highest BCUT2D eigenvalue weighted by atomic mass is 35.5.